The van der Waals surface area contributed by atoms with Crippen molar-refractivity contribution in [2.24, 2.45) is 0 Å². The standard InChI is InChI=1S/C18H17ClN4O4S2/c1-2-29(25,26)23-14-8-6-12(7-9-14)17-21-22-18(27-17)28-11-16(24)20-15-5-3-4-13(19)10-15/h3-10,23H,2,11H2,1H3,(H,20,24). The van der Waals surface area contributed by atoms with Crippen LogP contribution in [-0.4, -0.2) is 36.0 Å². The van der Waals surface area contributed by atoms with Gasteiger partial charge in [-0.2, -0.15) is 0 Å². The smallest absolute Gasteiger partial charge is 0.277 e. The molecule has 0 spiro atoms. The monoisotopic (exact) mass is 452 g/mol. The van der Waals surface area contributed by atoms with Crippen molar-refractivity contribution >= 4 is 50.7 Å². The molecule has 3 rings (SSSR count). The largest absolute Gasteiger partial charge is 0.411 e. The highest BCUT2D eigenvalue weighted by Crippen LogP contribution is 2.25. The van der Waals surface area contributed by atoms with E-state index in [0.29, 0.717) is 22.0 Å². The van der Waals surface area contributed by atoms with E-state index in [9.17, 15) is 13.2 Å². The Morgan fingerprint density at radius 2 is 1.90 bits per heavy atom. The van der Waals surface area contributed by atoms with E-state index in [1.807, 2.05) is 0 Å². The van der Waals surface area contributed by atoms with Crippen molar-refractivity contribution in [1.82, 2.24) is 10.2 Å². The number of thioether (sulfide) groups is 1. The molecule has 2 N–H and O–H groups in total. The predicted molar refractivity (Wildman–Crippen MR) is 114 cm³/mol. The molecule has 0 unspecified atom stereocenters. The van der Waals surface area contributed by atoms with E-state index in [-0.39, 0.29) is 28.5 Å². The number of nitrogens with one attached hydrogen (secondary N) is 2. The van der Waals surface area contributed by atoms with E-state index >= 15 is 0 Å². The van der Waals surface area contributed by atoms with E-state index in [2.05, 4.69) is 20.2 Å². The first kappa shape index (κ1) is 21.2. The Labute approximate surface area is 177 Å². The molecule has 11 heteroatoms. The fourth-order valence-electron chi connectivity index (χ4n) is 2.21. The van der Waals surface area contributed by atoms with Gasteiger partial charge in [0.2, 0.25) is 21.8 Å². The maximum Gasteiger partial charge on any atom is 0.277 e. The number of benzene rings is 2. The highest BCUT2D eigenvalue weighted by atomic mass is 35.5. The van der Waals surface area contributed by atoms with Crippen LogP contribution >= 0.6 is 23.4 Å². The van der Waals surface area contributed by atoms with Gasteiger partial charge in [0, 0.05) is 22.0 Å². The lowest BCUT2D eigenvalue weighted by atomic mass is 10.2. The van der Waals surface area contributed by atoms with Gasteiger partial charge in [-0.05, 0) is 49.4 Å². The molecule has 152 valence electrons. The third-order valence-corrected chi connectivity index (χ3v) is 5.99. The number of hydrogen-bond acceptors (Lipinski definition) is 7. The zero-order valence-corrected chi connectivity index (χ0v) is 17.6. The summed E-state index contributed by atoms with van der Waals surface area (Å²) in [6.45, 7) is 1.56. The third-order valence-electron chi connectivity index (χ3n) is 3.63. The van der Waals surface area contributed by atoms with Crippen LogP contribution in [0.5, 0.6) is 0 Å². The molecule has 0 aliphatic heterocycles. The van der Waals surface area contributed by atoms with E-state index in [1.54, 1.807) is 55.5 Å². The van der Waals surface area contributed by atoms with Gasteiger partial charge in [0.1, 0.15) is 0 Å². The number of carbonyl (C=O) groups excluding carboxylic acids is 1. The van der Waals surface area contributed by atoms with Gasteiger partial charge in [0.05, 0.1) is 11.5 Å². The van der Waals surface area contributed by atoms with Crippen molar-refractivity contribution in [2.75, 3.05) is 21.5 Å². The number of nitrogens with zero attached hydrogens (tertiary/aromatic N) is 2. The molecule has 1 aromatic heterocycles. The van der Waals surface area contributed by atoms with Crippen molar-refractivity contribution in [2.45, 2.75) is 12.1 Å². The summed E-state index contributed by atoms with van der Waals surface area (Å²) in [4.78, 5) is 12.0. The molecular weight excluding hydrogens is 436 g/mol. The van der Waals surface area contributed by atoms with E-state index in [1.165, 1.54) is 0 Å². The first-order valence-electron chi connectivity index (χ1n) is 8.47. The van der Waals surface area contributed by atoms with Gasteiger partial charge < -0.3 is 9.73 Å². The number of sulfonamides is 1. The van der Waals surface area contributed by atoms with Crippen molar-refractivity contribution in [3.05, 3.63) is 53.6 Å². The number of hydrogen-bond donors (Lipinski definition) is 2. The summed E-state index contributed by atoms with van der Waals surface area (Å²) in [6, 6.07) is 13.4. The van der Waals surface area contributed by atoms with Crippen molar-refractivity contribution in [1.29, 1.82) is 0 Å². The van der Waals surface area contributed by atoms with Crippen LogP contribution in [0.15, 0.2) is 58.2 Å². The van der Waals surface area contributed by atoms with Crippen LogP contribution < -0.4 is 10.0 Å². The molecular formula is C18H17ClN4O4S2. The summed E-state index contributed by atoms with van der Waals surface area (Å²) in [5.41, 5.74) is 1.68. The number of rotatable bonds is 8. The number of aromatic nitrogens is 2. The van der Waals surface area contributed by atoms with Crippen LogP contribution in [0.3, 0.4) is 0 Å². The maximum absolute atomic E-state index is 12.0. The molecule has 1 amide bonds. The molecule has 0 radical (unpaired) electrons. The van der Waals surface area contributed by atoms with Crippen molar-refractivity contribution < 1.29 is 17.6 Å². The van der Waals surface area contributed by atoms with Gasteiger partial charge in [0.25, 0.3) is 5.22 Å². The Morgan fingerprint density at radius 3 is 2.59 bits per heavy atom. The lowest BCUT2D eigenvalue weighted by Crippen LogP contribution is -2.14. The fraction of sp³-hybridized carbons (Fsp3) is 0.167. The van der Waals surface area contributed by atoms with Crippen LogP contribution in [0.2, 0.25) is 5.02 Å². The Bertz CT molecular complexity index is 1100. The lowest BCUT2D eigenvalue weighted by molar-refractivity contribution is -0.113. The van der Waals surface area contributed by atoms with Crippen LogP contribution in [0, 0.1) is 0 Å². The summed E-state index contributed by atoms with van der Waals surface area (Å²) in [6.07, 6.45) is 0. The zero-order chi connectivity index (χ0) is 20.9. The molecule has 0 fully saturated rings. The number of carbonyl (C=O) groups is 1. The second kappa shape index (κ2) is 9.29. The second-order valence-corrected chi connectivity index (χ2v) is 9.18. The van der Waals surface area contributed by atoms with E-state index in [0.717, 1.165) is 11.8 Å². The van der Waals surface area contributed by atoms with Crippen LogP contribution in [0.4, 0.5) is 11.4 Å². The average molecular weight is 453 g/mol. The summed E-state index contributed by atoms with van der Waals surface area (Å²) in [7, 11) is -3.34. The minimum Gasteiger partial charge on any atom is -0.411 e. The number of amides is 1. The highest BCUT2D eigenvalue weighted by molar-refractivity contribution is 7.99. The van der Waals surface area contributed by atoms with Crippen LogP contribution in [-0.2, 0) is 14.8 Å². The fourth-order valence-corrected chi connectivity index (χ4v) is 3.60. The lowest BCUT2D eigenvalue weighted by Gasteiger charge is -2.05. The molecule has 0 saturated carbocycles. The Balaban J connectivity index is 1.57. The Hall–Kier alpha value is -2.56. The van der Waals surface area contributed by atoms with Gasteiger partial charge in [0.15, 0.2) is 0 Å². The second-order valence-electron chi connectivity index (χ2n) is 5.80. The van der Waals surface area contributed by atoms with Crippen molar-refractivity contribution in [3.63, 3.8) is 0 Å². The van der Waals surface area contributed by atoms with Crippen LogP contribution in [0.25, 0.3) is 11.5 Å². The molecule has 0 bridgehead atoms. The van der Waals surface area contributed by atoms with Gasteiger partial charge >= 0.3 is 0 Å². The number of halogens is 1. The molecule has 0 atom stereocenters. The summed E-state index contributed by atoms with van der Waals surface area (Å²) in [5, 5.41) is 11.4. The minimum atomic E-state index is -3.34. The van der Waals surface area contributed by atoms with Gasteiger partial charge in [-0.1, -0.05) is 29.4 Å². The third kappa shape index (κ3) is 6.21. The molecule has 1 heterocycles. The normalized spacial score (nSPS) is 11.2. The first-order chi connectivity index (χ1) is 13.8. The maximum atomic E-state index is 12.0. The highest BCUT2D eigenvalue weighted by Gasteiger charge is 2.12. The Morgan fingerprint density at radius 1 is 1.14 bits per heavy atom. The van der Waals surface area contributed by atoms with E-state index < -0.39 is 10.0 Å². The quantitative estimate of drug-likeness (QED) is 0.498. The molecule has 0 saturated heterocycles. The number of anilines is 2. The van der Waals surface area contributed by atoms with Gasteiger partial charge in [-0.3, -0.25) is 9.52 Å². The minimum absolute atomic E-state index is 0.0100. The average Bonchev–Trinajstić information content (AvgIpc) is 3.16. The summed E-state index contributed by atoms with van der Waals surface area (Å²) >= 11 is 6.99. The molecule has 0 aliphatic rings. The molecule has 3 aromatic rings. The van der Waals surface area contributed by atoms with Crippen molar-refractivity contribution in [3.8, 4) is 11.5 Å². The molecule has 2 aromatic carbocycles. The molecule has 0 aliphatic carbocycles. The van der Waals surface area contributed by atoms with Crippen LogP contribution in [0.1, 0.15) is 6.92 Å². The topological polar surface area (TPSA) is 114 Å². The van der Waals surface area contributed by atoms with Gasteiger partial charge in [-0.25, -0.2) is 8.42 Å². The molecule has 8 nitrogen and oxygen atoms in total. The SMILES string of the molecule is CCS(=O)(=O)Nc1ccc(-c2nnc(SCC(=O)Nc3cccc(Cl)c3)o2)cc1. The first-order valence-corrected chi connectivity index (χ1v) is 11.5. The predicted octanol–water partition coefficient (Wildman–Crippen LogP) is 3.88. The summed E-state index contributed by atoms with van der Waals surface area (Å²) < 4.78 is 31.2. The summed E-state index contributed by atoms with van der Waals surface area (Å²) in [5.74, 6) is 0.118. The Kier molecular flexibility index (Phi) is 6.78. The van der Waals surface area contributed by atoms with E-state index in [4.69, 9.17) is 16.0 Å². The molecule has 29 heavy (non-hydrogen) atoms. The van der Waals surface area contributed by atoms with Gasteiger partial charge in [-0.15, -0.1) is 10.2 Å². The zero-order valence-electron chi connectivity index (χ0n) is 15.3.